The van der Waals surface area contributed by atoms with Crippen LogP contribution in [0.25, 0.3) is 11.0 Å². The number of aromatic nitrogens is 2. The maximum atomic E-state index is 11.9. The topological polar surface area (TPSA) is 64.0 Å². The van der Waals surface area contributed by atoms with Crippen LogP contribution in [0.15, 0.2) is 23.1 Å². The Labute approximate surface area is 118 Å². The van der Waals surface area contributed by atoms with E-state index in [-0.39, 0.29) is 0 Å². The van der Waals surface area contributed by atoms with Crippen LogP contribution in [-0.4, -0.2) is 37.3 Å². The molecule has 5 nitrogen and oxygen atoms in total. The molecule has 1 aromatic heterocycles. The van der Waals surface area contributed by atoms with Gasteiger partial charge in [-0.05, 0) is 31.1 Å². The second-order valence-corrected chi connectivity index (χ2v) is 7.62. The number of benzene rings is 1. The van der Waals surface area contributed by atoms with Crippen molar-refractivity contribution in [3.63, 3.8) is 0 Å². The number of imidazole rings is 1. The fraction of sp³-hybridized carbons (Fsp3) is 0.500. The fourth-order valence-electron chi connectivity index (χ4n) is 2.79. The third-order valence-electron chi connectivity index (χ3n) is 4.24. The summed E-state index contributed by atoms with van der Waals surface area (Å²) in [4.78, 5) is 4.95. The number of rotatable bonds is 3. The molecule has 0 aliphatic carbocycles. The van der Waals surface area contributed by atoms with Gasteiger partial charge in [0.15, 0.2) is 9.84 Å². The largest absolute Gasteiger partial charge is 0.331 e. The van der Waals surface area contributed by atoms with Gasteiger partial charge in [-0.2, -0.15) is 0 Å². The van der Waals surface area contributed by atoms with E-state index >= 15 is 0 Å². The maximum Gasteiger partial charge on any atom is 0.177 e. The van der Waals surface area contributed by atoms with E-state index in [0.717, 1.165) is 24.4 Å². The van der Waals surface area contributed by atoms with Crippen LogP contribution in [0, 0.1) is 5.92 Å². The highest BCUT2D eigenvalue weighted by Crippen LogP contribution is 2.30. The second kappa shape index (κ2) is 4.56. The van der Waals surface area contributed by atoms with E-state index in [1.807, 2.05) is 17.7 Å². The van der Waals surface area contributed by atoms with E-state index in [4.69, 9.17) is 0 Å². The minimum Gasteiger partial charge on any atom is -0.331 e. The summed E-state index contributed by atoms with van der Waals surface area (Å²) in [5.74, 6) is 1.86. The number of nitrogens with zero attached hydrogens (tertiary/aromatic N) is 2. The molecule has 6 heteroatoms. The number of nitrogens with one attached hydrogen (secondary N) is 1. The van der Waals surface area contributed by atoms with Crippen molar-refractivity contribution in [2.75, 3.05) is 19.3 Å². The van der Waals surface area contributed by atoms with E-state index in [1.54, 1.807) is 12.1 Å². The van der Waals surface area contributed by atoms with Crippen molar-refractivity contribution < 1.29 is 8.42 Å². The molecule has 1 saturated heterocycles. The van der Waals surface area contributed by atoms with Crippen molar-refractivity contribution >= 4 is 20.9 Å². The Bertz CT molecular complexity index is 760. The molecule has 3 rings (SSSR count). The Kier molecular flexibility index (Phi) is 3.10. The second-order valence-electron chi connectivity index (χ2n) is 5.63. The summed E-state index contributed by atoms with van der Waals surface area (Å²) < 4.78 is 25.8. The van der Waals surface area contributed by atoms with Crippen LogP contribution in [0.1, 0.15) is 18.7 Å². The maximum absolute atomic E-state index is 11.9. The van der Waals surface area contributed by atoms with Crippen molar-refractivity contribution in [3.8, 4) is 0 Å². The summed E-state index contributed by atoms with van der Waals surface area (Å²) in [6.07, 6.45) is 1.23. The monoisotopic (exact) mass is 293 g/mol. The Morgan fingerprint density at radius 3 is 2.65 bits per heavy atom. The van der Waals surface area contributed by atoms with Gasteiger partial charge in [-0.25, -0.2) is 13.4 Å². The van der Waals surface area contributed by atoms with Crippen molar-refractivity contribution in [1.82, 2.24) is 14.9 Å². The number of hydrogen-bond acceptors (Lipinski definition) is 4. The van der Waals surface area contributed by atoms with Crippen molar-refractivity contribution in [2.45, 2.75) is 17.7 Å². The molecule has 0 amide bonds. The third kappa shape index (κ3) is 2.03. The number of hydrogen-bond donors (Lipinski definition) is 1. The van der Waals surface area contributed by atoms with E-state index in [9.17, 15) is 8.42 Å². The highest BCUT2D eigenvalue weighted by atomic mass is 32.2. The van der Waals surface area contributed by atoms with Gasteiger partial charge in [-0.15, -0.1) is 0 Å². The van der Waals surface area contributed by atoms with Gasteiger partial charge in [0, 0.05) is 19.2 Å². The quantitative estimate of drug-likeness (QED) is 0.926. The standard InChI is InChI=1S/C14H19N3O2S/c1-9(10-7-15-8-10)14-16-13-11(17(14)2)5-4-6-12(13)20(3,18)19/h4-6,9-10,15H,7-8H2,1-3H3. The minimum atomic E-state index is -3.26. The van der Waals surface area contributed by atoms with Crippen molar-refractivity contribution in [3.05, 3.63) is 24.0 Å². The number of fused-ring (bicyclic) bond motifs is 1. The van der Waals surface area contributed by atoms with Crippen molar-refractivity contribution in [2.24, 2.45) is 13.0 Å². The number of para-hydroxylation sites is 1. The van der Waals surface area contributed by atoms with Crippen LogP contribution in [0.3, 0.4) is 0 Å². The average Bonchev–Trinajstić information content (AvgIpc) is 2.63. The van der Waals surface area contributed by atoms with Gasteiger partial charge in [0.05, 0.1) is 10.4 Å². The normalized spacial score (nSPS) is 18.1. The average molecular weight is 293 g/mol. The molecule has 1 N–H and O–H groups in total. The lowest BCUT2D eigenvalue weighted by Crippen LogP contribution is -2.45. The summed E-state index contributed by atoms with van der Waals surface area (Å²) in [6, 6.07) is 5.33. The molecule has 1 aromatic carbocycles. The van der Waals surface area contributed by atoms with Gasteiger partial charge in [0.2, 0.25) is 0 Å². The Balaban J connectivity index is 2.19. The summed E-state index contributed by atoms with van der Waals surface area (Å²) >= 11 is 0. The summed E-state index contributed by atoms with van der Waals surface area (Å²) in [6.45, 7) is 4.17. The molecule has 0 radical (unpaired) electrons. The highest BCUT2D eigenvalue weighted by Gasteiger charge is 2.29. The molecule has 0 bridgehead atoms. The molecule has 1 atom stereocenters. The molecule has 0 saturated carbocycles. The Morgan fingerprint density at radius 1 is 1.40 bits per heavy atom. The first-order valence-corrected chi connectivity index (χ1v) is 8.65. The first-order chi connectivity index (χ1) is 9.39. The molecule has 1 fully saturated rings. The van der Waals surface area contributed by atoms with Gasteiger partial charge in [-0.1, -0.05) is 13.0 Å². The van der Waals surface area contributed by atoms with Crippen LogP contribution in [0.4, 0.5) is 0 Å². The Morgan fingerprint density at radius 2 is 2.10 bits per heavy atom. The first-order valence-electron chi connectivity index (χ1n) is 6.75. The Hall–Kier alpha value is -1.40. The van der Waals surface area contributed by atoms with Gasteiger partial charge in [-0.3, -0.25) is 0 Å². The van der Waals surface area contributed by atoms with Gasteiger partial charge >= 0.3 is 0 Å². The van der Waals surface area contributed by atoms with E-state index in [1.165, 1.54) is 6.26 Å². The molecule has 0 spiro atoms. The highest BCUT2D eigenvalue weighted by molar-refractivity contribution is 7.91. The SMILES string of the molecule is CC(c1nc2c(S(C)(=O)=O)cccc2n1C)C1CNC1. The smallest absolute Gasteiger partial charge is 0.177 e. The lowest BCUT2D eigenvalue weighted by Gasteiger charge is -2.32. The zero-order valence-corrected chi connectivity index (χ0v) is 12.7. The molecule has 1 aliphatic heterocycles. The third-order valence-corrected chi connectivity index (χ3v) is 5.36. The van der Waals surface area contributed by atoms with Crippen LogP contribution < -0.4 is 5.32 Å². The van der Waals surface area contributed by atoms with Crippen LogP contribution in [-0.2, 0) is 16.9 Å². The predicted molar refractivity (Wildman–Crippen MR) is 78.6 cm³/mol. The zero-order valence-electron chi connectivity index (χ0n) is 11.9. The van der Waals surface area contributed by atoms with Crippen molar-refractivity contribution in [1.29, 1.82) is 0 Å². The van der Waals surface area contributed by atoms with Crippen LogP contribution >= 0.6 is 0 Å². The first kappa shape index (κ1) is 13.6. The molecule has 20 heavy (non-hydrogen) atoms. The van der Waals surface area contributed by atoms with Crippen LogP contribution in [0.5, 0.6) is 0 Å². The zero-order chi connectivity index (χ0) is 14.5. The van der Waals surface area contributed by atoms with Gasteiger partial charge in [0.25, 0.3) is 0 Å². The lowest BCUT2D eigenvalue weighted by molar-refractivity contribution is 0.293. The predicted octanol–water partition coefficient (Wildman–Crippen LogP) is 1.30. The molecular formula is C14H19N3O2S. The number of sulfone groups is 1. The summed E-state index contributed by atoms with van der Waals surface area (Å²) in [7, 11) is -1.30. The molecular weight excluding hydrogens is 274 g/mol. The molecule has 1 aliphatic rings. The summed E-state index contributed by atoms with van der Waals surface area (Å²) in [5, 5.41) is 3.27. The number of aryl methyl sites for hydroxylation is 1. The molecule has 2 heterocycles. The molecule has 108 valence electrons. The van der Waals surface area contributed by atoms with Crippen LogP contribution in [0.2, 0.25) is 0 Å². The molecule has 2 aromatic rings. The van der Waals surface area contributed by atoms with E-state index in [0.29, 0.717) is 22.2 Å². The van der Waals surface area contributed by atoms with Gasteiger partial charge in [0.1, 0.15) is 11.3 Å². The van der Waals surface area contributed by atoms with E-state index < -0.39 is 9.84 Å². The fourth-order valence-corrected chi connectivity index (χ4v) is 3.62. The molecule has 1 unspecified atom stereocenters. The van der Waals surface area contributed by atoms with Gasteiger partial charge < -0.3 is 9.88 Å². The minimum absolute atomic E-state index is 0.316. The summed E-state index contributed by atoms with van der Waals surface area (Å²) in [5.41, 5.74) is 1.47. The lowest BCUT2D eigenvalue weighted by atomic mass is 9.88. The van der Waals surface area contributed by atoms with E-state index in [2.05, 4.69) is 17.2 Å².